The van der Waals surface area contributed by atoms with Crippen LogP contribution in [0.25, 0.3) is 0 Å². The Balaban J connectivity index is 2.44. The summed E-state index contributed by atoms with van der Waals surface area (Å²) in [5.74, 6) is 2.90. The molecule has 0 aromatic rings. The zero-order valence-electron chi connectivity index (χ0n) is 13.7. The maximum Gasteiger partial charge on any atom is 0.0982 e. The minimum absolute atomic E-state index is 0.287. The highest BCUT2D eigenvalue weighted by atomic mass is 15.2. The minimum atomic E-state index is 0.287. The SMILES string of the molecule is CCCCC/C(=N/C)N(C)C[C@@H]1CCC(C#N)C[C@@H]1C. The summed E-state index contributed by atoms with van der Waals surface area (Å²) >= 11 is 0. The van der Waals surface area contributed by atoms with E-state index in [1.54, 1.807) is 0 Å². The number of hydrogen-bond acceptors (Lipinski definition) is 2. The van der Waals surface area contributed by atoms with Gasteiger partial charge < -0.3 is 4.90 Å². The van der Waals surface area contributed by atoms with Crippen LogP contribution >= 0.6 is 0 Å². The normalized spacial score (nSPS) is 27.1. The Morgan fingerprint density at radius 3 is 2.65 bits per heavy atom. The molecule has 0 bridgehead atoms. The molecular formula is C17H31N3. The first-order valence-corrected chi connectivity index (χ1v) is 8.18. The summed E-state index contributed by atoms with van der Waals surface area (Å²) in [6.07, 6.45) is 8.23. The molecule has 1 unspecified atom stereocenters. The third kappa shape index (κ3) is 5.15. The van der Waals surface area contributed by atoms with Crippen LogP contribution in [0.15, 0.2) is 4.99 Å². The number of rotatable bonds is 6. The first-order valence-electron chi connectivity index (χ1n) is 8.18. The molecule has 3 nitrogen and oxygen atoms in total. The Labute approximate surface area is 125 Å². The second kappa shape index (κ2) is 9.00. The van der Waals surface area contributed by atoms with E-state index in [0.717, 1.165) is 25.8 Å². The number of nitriles is 1. The zero-order chi connectivity index (χ0) is 15.0. The molecule has 1 aliphatic carbocycles. The van der Waals surface area contributed by atoms with E-state index in [1.165, 1.54) is 31.5 Å². The Morgan fingerprint density at radius 1 is 1.35 bits per heavy atom. The lowest BCUT2D eigenvalue weighted by atomic mass is 9.75. The van der Waals surface area contributed by atoms with Gasteiger partial charge in [0.2, 0.25) is 0 Å². The summed E-state index contributed by atoms with van der Waals surface area (Å²) in [5.41, 5.74) is 0. The fourth-order valence-corrected chi connectivity index (χ4v) is 3.31. The van der Waals surface area contributed by atoms with Gasteiger partial charge in [-0.15, -0.1) is 0 Å². The molecular weight excluding hydrogens is 246 g/mol. The zero-order valence-corrected chi connectivity index (χ0v) is 13.7. The highest BCUT2D eigenvalue weighted by Gasteiger charge is 2.28. The van der Waals surface area contributed by atoms with Crippen molar-refractivity contribution >= 4 is 5.84 Å². The van der Waals surface area contributed by atoms with E-state index in [2.05, 4.69) is 36.9 Å². The summed E-state index contributed by atoms with van der Waals surface area (Å²) in [7, 11) is 4.09. The third-order valence-electron chi connectivity index (χ3n) is 4.74. The Bertz CT molecular complexity index is 343. The van der Waals surface area contributed by atoms with Crippen LogP contribution in [0.1, 0.15) is 58.8 Å². The number of unbranched alkanes of at least 4 members (excludes halogenated alkanes) is 2. The van der Waals surface area contributed by atoms with Crippen molar-refractivity contribution in [3.8, 4) is 6.07 Å². The minimum Gasteiger partial charge on any atom is -0.363 e. The Morgan fingerprint density at radius 2 is 2.10 bits per heavy atom. The Kier molecular flexibility index (Phi) is 7.65. The van der Waals surface area contributed by atoms with Gasteiger partial charge in [-0.1, -0.05) is 26.7 Å². The van der Waals surface area contributed by atoms with Crippen LogP contribution in [-0.4, -0.2) is 31.4 Å². The van der Waals surface area contributed by atoms with Gasteiger partial charge in [-0.05, 0) is 37.5 Å². The Hall–Kier alpha value is -1.04. The van der Waals surface area contributed by atoms with Crippen LogP contribution in [0, 0.1) is 29.1 Å². The van der Waals surface area contributed by atoms with E-state index in [9.17, 15) is 0 Å². The lowest BCUT2D eigenvalue weighted by molar-refractivity contribution is 0.192. The standard InChI is InChI=1S/C17H31N3/c1-5-6-7-8-17(19-3)20(4)13-16-10-9-15(12-18)11-14(16)2/h14-16H,5-11,13H2,1-4H3/b19-17-/t14-,15?,16-/m0/s1. The monoisotopic (exact) mass is 277 g/mol. The number of hydrogen-bond donors (Lipinski definition) is 0. The van der Waals surface area contributed by atoms with Crippen molar-refractivity contribution in [2.45, 2.75) is 58.8 Å². The van der Waals surface area contributed by atoms with Crippen LogP contribution < -0.4 is 0 Å². The topological polar surface area (TPSA) is 39.4 Å². The van der Waals surface area contributed by atoms with Gasteiger partial charge in [-0.3, -0.25) is 4.99 Å². The highest BCUT2D eigenvalue weighted by Crippen LogP contribution is 2.33. The fourth-order valence-electron chi connectivity index (χ4n) is 3.31. The second-order valence-electron chi connectivity index (χ2n) is 6.35. The van der Waals surface area contributed by atoms with Gasteiger partial charge in [0.15, 0.2) is 0 Å². The molecule has 0 aromatic heterocycles. The first-order chi connectivity index (χ1) is 9.62. The fraction of sp³-hybridized carbons (Fsp3) is 0.882. The molecule has 0 heterocycles. The predicted octanol–water partition coefficient (Wildman–Crippen LogP) is 4.10. The van der Waals surface area contributed by atoms with E-state index in [0.29, 0.717) is 11.8 Å². The smallest absolute Gasteiger partial charge is 0.0982 e. The molecule has 3 heteroatoms. The molecule has 0 amide bonds. The summed E-state index contributed by atoms with van der Waals surface area (Å²) in [6, 6.07) is 2.44. The van der Waals surface area contributed by atoms with Crippen molar-refractivity contribution in [3.63, 3.8) is 0 Å². The molecule has 0 N–H and O–H groups in total. The van der Waals surface area contributed by atoms with Crippen LogP contribution in [-0.2, 0) is 0 Å². The van der Waals surface area contributed by atoms with E-state index >= 15 is 0 Å². The number of nitrogens with zero attached hydrogens (tertiary/aromatic N) is 3. The maximum atomic E-state index is 9.04. The van der Waals surface area contributed by atoms with Crippen molar-refractivity contribution in [3.05, 3.63) is 0 Å². The molecule has 1 fully saturated rings. The van der Waals surface area contributed by atoms with E-state index in [4.69, 9.17) is 5.26 Å². The second-order valence-corrected chi connectivity index (χ2v) is 6.35. The molecule has 1 saturated carbocycles. The van der Waals surface area contributed by atoms with Crippen molar-refractivity contribution < 1.29 is 0 Å². The molecule has 0 radical (unpaired) electrons. The van der Waals surface area contributed by atoms with Gasteiger partial charge in [0.1, 0.15) is 0 Å². The summed E-state index contributed by atoms with van der Waals surface area (Å²) in [4.78, 5) is 6.82. The quantitative estimate of drug-likeness (QED) is 0.416. The van der Waals surface area contributed by atoms with Crippen molar-refractivity contribution in [2.24, 2.45) is 22.7 Å². The average molecular weight is 277 g/mol. The molecule has 1 aliphatic rings. The van der Waals surface area contributed by atoms with Crippen LogP contribution in [0.3, 0.4) is 0 Å². The molecule has 20 heavy (non-hydrogen) atoms. The first kappa shape index (κ1) is 17.0. The van der Waals surface area contributed by atoms with Crippen LogP contribution in [0.4, 0.5) is 0 Å². The number of aliphatic imine (C=N–C) groups is 1. The van der Waals surface area contributed by atoms with Crippen LogP contribution in [0.5, 0.6) is 0 Å². The predicted molar refractivity (Wildman–Crippen MR) is 85.7 cm³/mol. The molecule has 3 atom stereocenters. The summed E-state index contributed by atoms with van der Waals surface area (Å²) < 4.78 is 0. The largest absolute Gasteiger partial charge is 0.363 e. The third-order valence-corrected chi connectivity index (χ3v) is 4.74. The van der Waals surface area contributed by atoms with Gasteiger partial charge in [0.05, 0.1) is 11.9 Å². The van der Waals surface area contributed by atoms with Crippen molar-refractivity contribution in [1.82, 2.24) is 4.90 Å². The molecule has 0 spiro atoms. The summed E-state index contributed by atoms with van der Waals surface area (Å²) in [5, 5.41) is 9.04. The summed E-state index contributed by atoms with van der Waals surface area (Å²) in [6.45, 7) is 5.64. The van der Waals surface area contributed by atoms with Gasteiger partial charge in [-0.2, -0.15) is 5.26 Å². The van der Waals surface area contributed by atoms with Crippen molar-refractivity contribution in [2.75, 3.05) is 20.6 Å². The van der Waals surface area contributed by atoms with Crippen molar-refractivity contribution in [1.29, 1.82) is 5.26 Å². The highest BCUT2D eigenvalue weighted by molar-refractivity contribution is 5.81. The average Bonchev–Trinajstić information content (AvgIpc) is 2.45. The van der Waals surface area contributed by atoms with E-state index in [-0.39, 0.29) is 5.92 Å². The molecule has 0 aromatic carbocycles. The number of amidine groups is 1. The molecule has 114 valence electrons. The van der Waals surface area contributed by atoms with Gasteiger partial charge >= 0.3 is 0 Å². The lowest BCUT2D eigenvalue weighted by Crippen LogP contribution is -2.36. The molecule has 1 rings (SSSR count). The molecule has 0 saturated heterocycles. The van der Waals surface area contributed by atoms with Gasteiger partial charge in [0.25, 0.3) is 0 Å². The van der Waals surface area contributed by atoms with E-state index < -0.39 is 0 Å². The van der Waals surface area contributed by atoms with Crippen LogP contribution in [0.2, 0.25) is 0 Å². The maximum absolute atomic E-state index is 9.04. The molecule has 0 aliphatic heterocycles. The van der Waals surface area contributed by atoms with Gasteiger partial charge in [0, 0.05) is 33.0 Å². The lowest BCUT2D eigenvalue weighted by Gasteiger charge is -2.35. The van der Waals surface area contributed by atoms with Gasteiger partial charge in [-0.25, -0.2) is 0 Å². The van der Waals surface area contributed by atoms with E-state index in [1.807, 2.05) is 7.05 Å².